The lowest BCUT2D eigenvalue weighted by molar-refractivity contribution is 0.0319. The number of hydrogen-bond acceptors (Lipinski definition) is 5. The Labute approximate surface area is 170 Å². The van der Waals surface area contributed by atoms with E-state index in [1.54, 1.807) is 36.0 Å². The minimum atomic E-state index is -0.531. The minimum Gasteiger partial charge on any atom is -0.451 e. The zero-order valence-electron chi connectivity index (χ0n) is 14.9. The lowest BCUT2D eigenvalue weighted by Gasteiger charge is -2.14. The van der Waals surface area contributed by atoms with E-state index in [9.17, 15) is 4.79 Å². The van der Waals surface area contributed by atoms with Crippen LogP contribution in [-0.2, 0) is 11.2 Å². The van der Waals surface area contributed by atoms with Gasteiger partial charge in [0.15, 0.2) is 5.69 Å². The Bertz CT molecular complexity index is 960. The van der Waals surface area contributed by atoms with Crippen LogP contribution < -0.4 is 0 Å². The predicted octanol–water partition coefficient (Wildman–Crippen LogP) is 4.95. The first-order chi connectivity index (χ1) is 13.0. The van der Waals surface area contributed by atoms with Crippen LogP contribution in [0.5, 0.6) is 0 Å². The van der Waals surface area contributed by atoms with Crippen molar-refractivity contribution >= 4 is 33.5 Å². The minimum absolute atomic E-state index is 0.204. The molecule has 3 aromatic rings. The molecule has 0 saturated carbocycles. The molecule has 2 aromatic heterocycles. The number of pyridine rings is 1. The van der Waals surface area contributed by atoms with Crippen molar-refractivity contribution in [1.82, 2.24) is 20.0 Å². The number of benzene rings is 1. The summed E-state index contributed by atoms with van der Waals surface area (Å²) in [5, 5.41) is 8.81. The van der Waals surface area contributed by atoms with Gasteiger partial charge in [0, 0.05) is 15.7 Å². The second-order valence-electron chi connectivity index (χ2n) is 5.94. The van der Waals surface area contributed by atoms with Gasteiger partial charge in [-0.1, -0.05) is 36.2 Å². The summed E-state index contributed by atoms with van der Waals surface area (Å²) in [6, 6.07) is 10.9. The number of aromatic nitrogens is 4. The van der Waals surface area contributed by atoms with Gasteiger partial charge in [0.05, 0.1) is 17.1 Å². The highest BCUT2D eigenvalue weighted by Crippen LogP contribution is 2.25. The van der Waals surface area contributed by atoms with Gasteiger partial charge in [-0.15, -0.1) is 5.10 Å². The molecule has 0 N–H and O–H groups in total. The van der Waals surface area contributed by atoms with Gasteiger partial charge in [-0.25, -0.2) is 9.48 Å². The molecule has 1 atom stereocenters. The molecule has 0 saturated heterocycles. The van der Waals surface area contributed by atoms with Crippen LogP contribution in [-0.4, -0.2) is 25.9 Å². The number of ether oxygens (including phenoxy) is 1. The molecule has 6 nitrogen and oxygen atoms in total. The van der Waals surface area contributed by atoms with E-state index in [0.717, 1.165) is 16.6 Å². The maximum Gasteiger partial charge on any atom is 0.361 e. The summed E-state index contributed by atoms with van der Waals surface area (Å²) in [5.74, 6) is -0.531. The fraction of sp³-hybridized carbons (Fsp3) is 0.263. The van der Waals surface area contributed by atoms with Crippen molar-refractivity contribution in [1.29, 1.82) is 0 Å². The van der Waals surface area contributed by atoms with Crippen LogP contribution in [0, 0.1) is 0 Å². The molecule has 0 fully saturated rings. The van der Waals surface area contributed by atoms with Crippen LogP contribution >= 0.6 is 27.5 Å². The van der Waals surface area contributed by atoms with Crippen molar-refractivity contribution in [3.63, 3.8) is 0 Å². The third-order valence-electron chi connectivity index (χ3n) is 3.95. The van der Waals surface area contributed by atoms with E-state index in [-0.39, 0.29) is 5.69 Å². The molecule has 0 unspecified atom stereocenters. The summed E-state index contributed by atoms with van der Waals surface area (Å²) in [5.41, 5.74) is 2.29. The predicted molar refractivity (Wildman–Crippen MR) is 106 cm³/mol. The summed E-state index contributed by atoms with van der Waals surface area (Å²) in [4.78, 5) is 17.0. The van der Waals surface area contributed by atoms with E-state index < -0.39 is 12.1 Å². The third-order valence-corrected chi connectivity index (χ3v) is 4.86. The highest BCUT2D eigenvalue weighted by Gasteiger charge is 2.24. The van der Waals surface area contributed by atoms with Crippen LogP contribution in [0.2, 0.25) is 5.02 Å². The number of esters is 1. The largest absolute Gasteiger partial charge is 0.451 e. The molecule has 0 radical (unpaired) electrons. The van der Waals surface area contributed by atoms with Crippen LogP contribution in [0.3, 0.4) is 0 Å². The summed E-state index contributed by atoms with van der Waals surface area (Å²) in [7, 11) is 0. The second-order valence-corrected chi connectivity index (χ2v) is 7.24. The Morgan fingerprint density at radius 1 is 1.33 bits per heavy atom. The highest BCUT2D eigenvalue weighted by atomic mass is 79.9. The van der Waals surface area contributed by atoms with E-state index >= 15 is 0 Å². The Morgan fingerprint density at radius 2 is 2.15 bits per heavy atom. The average Bonchev–Trinajstić information content (AvgIpc) is 3.06. The summed E-state index contributed by atoms with van der Waals surface area (Å²) in [6.07, 6.45) is 2.59. The Balaban J connectivity index is 1.90. The SMILES string of the molecule is CCCc1c(C(=O)O[C@H](C)c2ncccc2Br)nnn1-c1cccc(Cl)c1. The first-order valence-electron chi connectivity index (χ1n) is 8.53. The van der Waals surface area contributed by atoms with Crippen molar-refractivity contribution in [3.8, 4) is 5.69 Å². The van der Waals surface area contributed by atoms with Gasteiger partial charge in [-0.3, -0.25) is 4.98 Å². The molecular weight excluding hydrogens is 432 g/mol. The quantitative estimate of drug-likeness (QED) is 0.498. The van der Waals surface area contributed by atoms with Crippen molar-refractivity contribution in [2.24, 2.45) is 0 Å². The van der Waals surface area contributed by atoms with Gasteiger partial charge in [-0.05, 0) is 59.6 Å². The van der Waals surface area contributed by atoms with Gasteiger partial charge >= 0.3 is 5.97 Å². The molecule has 0 aliphatic heterocycles. The number of rotatable bonds is 6. The molecule has 0 aliphatic carbocycles. The van der Waals surface area contributed by atoms with Crippen LogP contribution in [0.4, 0.5) is 0 Å². The molecule has 0 spiro atoms. The fourth-order valence-corrected chi connectivity index (χ4v) is 3.47. The van der Waals surface area contributed by atoms with Crippen molar-refractivity contribution in [2.75, 3.05) is 0 Å². The third kappa shape index (κ3) is 4.36. The Morgan fingerprint density at radius 3 is 2.85 bits per heavy atom. The standard InChI is InChI=1S/C19H18BrClN4O2/c1-3-6-16-18(23-24-25(16)14-8-4-7-13(21)11-14)19(26)27-12(2)17-15(20)9-5-10-22-17/h4-5,7-12H,3,6H2,1-2H3/t12-/m1/s1. The van der Waals surface area contributed by atoms with E-state index in [2.05, 4.69) is 31.2 Å². The monoisotopic (exact) mass is 448 g/mol. The summed E-state index contributed by atoms with van der Waals surface area (Å²) in [6.45, 7) is 3.80. The van der Waals surface area contributed by atoms with Gasteiger partial charge in [0.1, 0.15) is 6.10 Å². The Hall–Kier alpha value is -2.25. The van der Waals surface area contributed by atoms with Crippen molar-refractivity contribution in [2.45, 2.75) is 32.8 Å². The van der Waals surface area contributed by atoms with Gasteiger partial charge < -0.3 is 4.74 Å². The highest BCUT2D eigenvalue weighted by molar-refractivity contribution is 9.10. The van der Waals surface area contributed by atoms with Gasteiger partial charge in [0.2, 0.25) is 0 Å². The topological polar surface area (TPSA) is 69.9 Å². The van der Waals surface area contributed by atoms with Crippen molar-refractivity contribution < 1.29 is 9.53 Å². The molecular formula is C19H18BrClN4O2. The molecule has 0 bridgehead atoms. The number of nitrogens with zero attached hydrogens (tertiary/aromatic N) is 4. The first kappa shape index (κ1) is 19.5. The van der Waals surface area contributed by atoms with Crippen LogP contribution in [0.1, 0.15) is 48.2 Å². The maximum atomic E-state index is 12.7. The zero-order valence-corrected chi connectivity index (χ0v) is 17.2. The van der Waals surface area contributed by atoms with E-state index in [1.165, 1.54) is 0 Å². The van der Waals surface area contributed by atoms with E-state index in [1.807, 2.05) is 25.1 Å². The number of carbonyl (C=O) groups is 1. The first-order valence-corrected chi connectivity index (χ1v) is 9.70. The molecule has 8 heteroatoms. The number of carbonyl (C=O) groups excluding carboxylic acids is 1. The van der Waals surface area contributed by atoms with E-state index in [4.69, 9.17) is 16.3 Å². The maximum absolute atomic E-state index is 12.7. The molecule has 0 amide bonds. The normalized spacial score (nSPS) is 12.0. The molecule has 27 heavy (non-hydrogen) atoms. The van der Waals surface area contributed by atoms with Crippen LogP contribution in [0.15, 0.2) is 47.1 Å². The molecule has 1 aromatic carbocycles. The number of hydrogen-bond donors (Lipinski definition) is 0. The van der Waals surface area contributed by atoms with Gasteiger partial charge in [-0.2, -0.15) is 0 Å². The van der Waals surface area contributed by atoms with Gasteiger partial charge in [0.25, 0.3) is 0 Å². The zero-order chi connectivity index (χ0) is 19.4. The summed E-state index contributed by atoms with van der Waals surface area (Å²) < 4.78 is 8.00. The van der Waals surface area contributed by atoms with Crippen LogP contribution in [0.25, 0.3) is 5.69 Å². The fourth-order valence-electron chi connectivity index (χ4n) is 2.71. The molecule has 140 valence electrons. The Kier molecular flexibility index (Phi) is 6.23. The lowest BCUT2D eigenvalue weighted by atomic mass is 10.2. The number of halogens is 2. The molecule has 2 heterocycles. The lowest BCUT2D eigenvalue weighted by Crippen LogP contribution is -2.14. The van der Waals surface area contributed by atoms with E-state index in [0.29, 0.717) is 22.8 Å². The second kappa shape index (κ2) is 8.63. The summed E-state index contributed by atoms with van der Waals surface area (Å²) >= 11 is 9.51. The molecule has 0 aliphatic rings. The smallest absolute Gasteiger partial charge is 0.361 e. The average molecular weight is 450 g/mol. The van der Waals surface area contributed by atoms with Crippen molar-refractivity contribution in [3.05, 3.63) is 69.2 Å². The molecule has 3 rings (SSSR count).